The predicted molar refractivity (Wildman–Crippen MR) is 80.5 cm³/mol. The van der Waals surface area contributed by atoms with Crippen molar-refractivity contribution in [2.24, 2.45) is 7.05 Å². The van der Waals surface area contributed by atoms with Gasteiger partial charge in [-0.25, -0.2) is 4.98 Å². The minimum atomic E-state index is 0.274. The van der Waals surface area contributed by atoms with Gasteiger partial charge in [0.15, 0.2) is 0 Å². The van der Waals surface area contributed by atoms with Crippen LogP contribution < -0.4 is 5.32 Å². The Morgan fingerprint density at radius 3 is 3.05 bits per heavy atom. The Kier molecular flexibility index (Phi) is 4.31. The summed E-state index contributed by atoms with van der Waals surface area (Å²) in [5, 5.41) is 3.45. The largest absolute Gasteiger partial charge is 0.337 e. The van der Waals surface area contributed by atoms with Crippen molar-refractivity contribution in [2.45, 2.75) is 37.9 Å². The van der Waals surface area contributed by atoms with Crippen molar-refractivity contribution in [1.29, 1.82) is 0 Å². The molecule has 6 heteroatoms. The van der Waals surface area contributed by atoms with Gasteiger partial charge in [0.2, 0.25) is 5.91 Å². The maximum atomic E-state index is 12.6. The van der Waals surface area contributed by atoms with E-state index >= 15 is 0 Å². The first-order valence-electron chi connectivity index (χ1n) is 7.31. The van der Waals surface area contributed by atoms with Crippen LogP contribution in [-0.4, -0.2) is 50.5 Å². The van der Waals surface area contributed by atoms with Crippen LogP contribution in [0.5, 0.6) is 0 Å². The van der Waals surface area contributed by atoms with Gasteiger partial charge < -0.3 is 14.8 Å². The minimum Gasteiger partial charge on any atom is -0.337 e. The summed E-state index contributed by atoms with van der Waals surface area (Å²) in [5.41, 5.74) is 0. The van der Waals surface area contributed by atoms with Gasteiger partial charge in [0.1, 0.15) is 5.82 Å². The van der Waals surface area contributed by atoms with E-state index in [1.807, 2.05) is 34.5 Å². The number of rotatable bonds is 5. The Labute approximate surface area is 124 Å². The lowest BCUT2D eigenvalue weighted by Gasteiger charge is -2.27. The zero-order valence-electron chi connectivity index (χ0n) is 11.9. The van der Waals surface area contributed by atoms with Crippen molar-refractivity contribution in [3.05, 3.63) is 18.2 Å². The molecule has 3 rings (SSSR count). The number of imidazole rings is 1. The van der Waals surface area contributed by atoms with Crippen LogP contribution in [0.25, 0.3) is 0 Å². The van der Waals surface area contributed by atoms with E-state index in [-0.39, 0.29) is 5.91 Å². The molecule has 1 saturated heterocycles. The number of nitrogens with zero attached hydrogens (tertiary/aromatic N) is 3. The van der Waals surface area contributed by atoms with E-state index in [2.05, 4.69) is 10.3 Å². The quantitative estimate of drug-likeness (QED) is 0.880. The van der Waals surface area contributed by atoms with E-state index in [1.165, 1.54) is 0 Å². The normalized spacial score (nSPS) is 22.8. The lowest BCUT2D eigenvalue weighted by Crippen LogP contribution is -2.43. The molecule has 1 aromatic rings. The number of hydrogen-bond acceptors (Lipinski definition) is 4. The summed E-state index contributed by atoms with van der Waals surface area (Å²) < 4.78 is 2.00. The Balaban J connectivity index is 1.61. The van der Waals surface area contributed by atoms with Gasteiger partial charge in [-0.2, -0.15) is 11.8 Å². The van der Waals surface area contributed by atoms with Crippen molar-refractivity contribution in [2.75, 3.05) is 18.1 Å². The van der Waals surface area contributed by atoms with Crippen LogP contribution >= 0.6 is 11.8 Å². The molecule has 110 valence electrons. The van der Waals surface area contributed by atoms with E-state index in [0.717, 1.165) is 36.7 Å². The molecule has 1 amide bonds. The number of hydrogen-bond donors (Lipinski definition) is 1. The Morgan fingerprint density at radius 1 is 1.60 bits per heavy atom. The van der Waals surface area contributed by atoms with Crippen LogP contribution in [0.15, 0.2) is 12.4 Å². The highest BCUT2D eigenvalue weighted by Gasteiger charge is 2.34. The minimum absolute atomic E-state index is 0.274. The molecule has 1 saturated carbocycles. The van der Waals surface area contributed by atoms with Crippen LogP contribution in [0.2, 0.25) is 0 Å². The van der Waals surface area contributed by atoms with Crippen molar-refractivity contribution in [3.63, 3.8) is 0 Å². The fourth-order valence-corrected chi connectivity index (χ4v) is 3.54. The lowest BCUT2D eigenvalue weighted by atomic mass is 10.2. The van der Waals surface area contributed by atoms with Gasteiger partial charge in [0.05, 0.1) is 6.54 Å². The summed E-state index contributed by atoms with van der Waals surface area (Å²) in [4.78, 5) is 18.9. The molecular weight excluding hydrogens is 272 g/mol. The van der Waals surface area contributed by atoms with Crippen molar-refractivity contribution < 1.29 is 4.79 Å². The van der Waals surface area contributed by atoms with Crippen LogP contribution in [-0.2, 0) is 18.4 Å². The summed E-state index contributed by atoms with van der Waals surface area (Å²) in [5.74, 6) is 3.45. The van der Waals surface area contributed by atoms with E-state index in [9.17, 15) is 4.79 Å². The van der Waals surface area contributed by atoms with Crippen LogP contribution in [0.1, 0.15) is 25.1 Å². The molecule has 1 aliphatic heterocycles. The first-order valence-corrected chi connectivity index (χ1v) is 8.46. The van der Waals surface area contributed by atoms with E-state index in [1.54, 1.807) is 6.20 Å². The topological polar surface area (TPSA) is 50.2 Å². The molecule has 0 radical (unpaired) electrons. The average Bonchev–Trinajstić information content (AvgIpc) is 3.21. The second kappa shape index (κ2) is 6.18. The number of carbonyl (C=O) groups is 1. The molecule has 2 fully saturated rings. The molecule has 0 aromatic carbocycles. The summed E-state index contributed by atoms with van der Waals surface area (Å²) in [6, 6.07) is 0.777. The molecule has 0 bridgehead atoms. The molecule has 2 aliphatic rings. The molecule has 5 nitrogen and oxygen atoms in total. The maximum absolute atomic E-state index is 12.6. The van der Waals surface area contributed by atoms with Crippen molar-refractivity contribution in [3.8, 4) is 0 Å². The van der Waals surface area contributed by atoms with Gasteiger partial charge in [0.25, 0.3) is 0 Å². The van der Waals surface area contributed by atoms with Gasteiger partial charge in [0, 0.05) is 56.0 Å². The fraction of sp³-hybridized carbons (Fsp3) is 0.714. The molecule has 1 aromatic heterocycles. The second-order valence-electron chi connectivity index (χ2n) is 5.64. The highest BCUT2D eigenvalue weighted by molar-refractivity contribution is 7.99. The summed E-state index contributed by atoms with van der Waals surface area (Å²) in [6.45, 7) is 1.66. The zero-order chi connectivity index (χ0) is 13.9. The van der Waals surface area contributed by atoms with E-state index in [0.29, 0.717) is 25.0 Å². The molecule has 1 unspecified atom stereocenters. The number of thioether (sulfide) groups is 1. The number of aromatic nitrogens is 2. The Bertz CT molecular complexity index is 465. The highest BCUT2D eigenvalue weighted by atomic mass is 32.2. The number of aryl methyl sites for hydroxylation is 1. The number of carbonyl (C=O) groups excluding carboxylic acids is 1. The second-order valence-corrected chi connectivity index (χ2v) is 6.79. The van der Waals surface area contributed by atoms with Crippen LogP contribution in [0.3, 0.4) is 0 Å². The SMILES string of the molecule is Cn1ccnc1CN(C(=O)CC1CSCCN1)C1CC1. The third-order valence-corrected chi connectivity index (χ3v) is 5.09. The molecule has 2 heterocycles. The highest BCUT2D eigenvalue weighted by Crippen LogP contribution is 2.29. The number of amides is 1. The van der Waals surface area contributed by atoms with E-state index < -0.39 is 0 Å². The van der Waals surface area contributed by atoms with Crippen molar-refractivity contribution >= 4 is 17.7 Å². The first kappa shape index (κ1) is 13.9. The molecule has 0 spiro atoms. The maximum Gasteiger partial charge on any atom is 0.224 e. The van der Waals surface area contributed by atoms with Crippen LogP contribution in [0.4, 0.5) is 0 Å². The molecule has 1 N–H and O–H groups in total. The predicted octanol–water partition coefficient (Wildman–Crippen LogP) is 1.01. The average molecular weight is 294 g/mol. The first-order chi connectivity index (χ1) is 9.74. The standard InChI is InChI=1S/C14H22N4OS/c1-17-6-4-16-13(17)9-18(12-2-3-12)14(19)8-11-10-20-7-5-15-11/h4,6,11-12,15H,2-3,5,7-10H2,1H3. The van der Waals surface area contributed by atoms with Gasteiger partial charge in [-0.1, -0.05) is 0 Å². The molecular formula is C14H22N4OS. The third kappa shape index (κ3) is 3.35. The third-order valence-electron chi connectivity index (χ3n) is 3.96. The summed E-state index contributed by atoms with van der Waals surface area (Å²) >= 11 is 1.94. The number of nitrogens with one attached hydrogen (secondary N) is 1. The van der Waals surface area contributed by atoms with Crippen molar-refractivity contribution in [1.82, 2.24) is 19.8 Å². The molecule has 20 heavy (non-hydrogen) atoms. The van der Waals surface area contributed by atoms with E-state index in [4.69, 9.17) is 0 Å². The summed E-state index contributed by atoms with van der Waals surface area (Å²) in [7, 11) is 1.98. The van der Waals surface area contributed by atoms with Gasteiger partial charge in [-0.15, -0.1) is 0 Å². The van der Waals surface area contributed by atoms with Gasteiger partial charge >= 0.3 is 0 Å². The Morgan fingerprint density at radius 2 is 2.45 bits per heavy atom. The molecule has 1 aliphatic carbocycles. The zero-order valence-corrected chi connectivity index (χ0v) is 12.7. The van der Waals surface area contributed by atoms with Gasteiger partial charge in [-0.3, -0.25) is 4.79 Å². The smallest absolute Gasteiger partial charge is 0.224 e. The fourth-order valence-electron chi connectivity index (χ4n) is 2.59. The Hall–Kier alpha value is -1.01. The monoisotopic (exact) mass is 294 g/mol. The molecule has 1 atom stereocenters. The van der Waals surface area contributed by atoms with Gasteiger partial charge in [-0.05, 0) is 12.8 Å². The van der Waals surface area contributed by atoms with Crippen LogP contribution in [0, 0.1) is 0 Å². The lowest BCUT2D eigenvalue weighted by molar-refractivity contribution is -0.133. The summed E-state index contributed by atoms with van der Waals surface area (Å²) in [6.07, 6.45) is 6.63.